The minimum atomic E-state index is 0.777. The van der Waals surface area contributed by atoms with Crippen molar-refractivity contribution in [2.75, 3.05) is 5.32 Å². The summed E-state index contributed by atoms with van der Waals surface area (Å²) in [6.45, 7) is 5.08. The summed E-state index contributed by atoms with van der Waals surface area (Å²) >= 11 is 3.44. The normalized spacial score (nSPS) is 10.6. The largest absolute Gasteiger partial charge is 0.366 e. The predicted molar refractivity (Wildman–Crippen MR) is 86.9 cm³/mol. The van der Waals surface area contributed by atoms with E-state index in [1.165, 1.54) is 11.1 Å². The van der Waals surface area contributed by atoms with Crippen LogP contribution in [0.2, 0.25) is 0 Å². The molecule has 1 N–H and O–H groups in total. The second kappa shape index (κ2) is 7.39. The number of halogens is 1. The van der Waals surface area contributed by atoms with Gasteiger partial charge in [-0.25, -0.2) is 9.97 Å². The highest BCUT2D eigenvalue weighted by atomic mass is 79.9. The van der Waals surface area contributed by atoms with E-state index in [1.807, 2.05) is 6.07 Å². The third-order valence-corrected chi connectivity index (χ3v) is 3.53. The molecule has 20 heavy (non-hydrogen) atoms. The molecule has 0 saturated heterocycles. The number of nitrogens with one attached hydrogen (secondary N) is 1. The molecule has 0 spiro atoms. The van der Waals surface area contributed by atoms with Crippen LogP contribution < -0.4 is 5.32 Å². The summed E-state index contributed by atoms with van der Waals surface area (Å²) in [4.78, 5) is 8.89. The number of aryl methyl sites for hydroxylation is 2. The minimum Gasteiger partial charge on any atom is -0.366 e. The molecule has 0 atom stereocenters. The van der Waals surface area contributed by atoms with Crippen molar-refractivity contribution >= 4 is 21.7 Å². The monoisotopic (exact) mass is 333 g/mol. The first-order valence-electron chi connectivity index (χ1n) is 7.06. The Morgan fingerprint density at radius 2 is 1.75 bits per heavy atom. The molecule has 3 nitrogen and oxygen atoms in total. The summed E-state index contributed by atoms with van der Waals surface area (Å²) in [5.74, 6) is 1.75. The van der Waals surface area contributed by atoms with Crippen molar-refractivity contribution in [3.05, 3.63) is 51.9 Å². The van der Waals surface area contributed by atoms with Gasteiger partial charge in [-0.3, -0.25) is 0 Å². The van der Waals surface area contributed by atoms with Crippen LogP contribution >= 0.6 is 15.9 Å². The lowest BCUT2D eigenvalue weighted by Gasteiger charge is -2.08. The van der Waals surface area contributed by atoms with Crippen LogP contribution in [0.5, 0.6) is 0 Å². The highest BCUT2D eigenvalue weighted by Crippen LogP contribution is 2.14. The van der Waals surface area contributed by atoms with E-state index in [4.69, 9.17) is 0 Å². The maximum atomic E-state index is 4.52. The first-order chi connectivity index (χ1) is 9.71. The Morgan fingerprint density at radius 3 is 2.40 bits per heavy atom. The van der Waals surface area contributed by atoms with Crippen molar-refractivity contribution in [1.82, 2.24) is 9.97 Å². The second-order valence-corrected chi connectivity index (χ2v) is 5.58. The summed E-state index contributed by atoms with van der Waals surface area (Å²) in [5.41, 5.74) is 2.62. The lowest BCUT2D eigenvalue weighted by Crippen LogP contribution is -2.05. The Kier molecular flexibility index (Phi) is 5.53. The fraction of sp³-hybridized carbons (Fsp3) is 0.375. The van der Waals surface area contributed by atoms with Crippen LogP contribution in [0.4, 0.5) is 5.82 Å². The molecule has 4 heteroatoms. The smallest absolute Gasteiger partial charge is 0.132 e. The van der Waals surface area contributed by atoms with Crippen LogP contribution in [0.3, 0.4) is 0 Å². The van der Waals surface area contributed by atoms with Crippen LogP contribution in [-0.2, 0) is 19.4 Å². The number of benzene rings is 1. The summed E-state index contributed by atoms with van der Waals surface area (Å²) < 4.78 is 0.833. The van der Waals surface area contributed by atoms with Crippen LogP contribution in [0.15, 0.2) is 34.9 Å². The lowest BCUT2D eigenvalue weighted by atomic mass is 10.1. The summed E-state index contributed by atoms with van der Waals surface area (Å²) in [6.07, 6.45) is 3.03. The van der Waals surface area contributed by atoms with Gasteiger partial charge in [0.2, 0.25) is 0 Å². The average Bonchev–Trinajstić information content (AvgIpc) is 2.45. The van der Waals surface area contributed by atoms with Gasteiger partial charge in [-0.2, -0.15) is 0 Å². The Hall–Kier alpha value is -1.42. The topological polar surface area (TPSA) is 37.8 Å². The first kappa shape index (κ1) is 15.0. The van der Waals surface area contributed by atoms with E-state index in [2.05, 4.69) is 69.3 Å². The van der Waals surface area contributed by atoms with E-state index in [9.17, 15) is 0 Å². The summed E-state index contributed by atoms with van der Waals surface area (Å²) in [7, 11) is 0. The molecule has 2 rings (SSSR count). The van der Waals surface area contributed by atoms with Gasteiger partial charge in [0.15, 0.2) is 0 Å². The Balaban J connectivity index is 2.02. The molecular formula is C16H20BrN3. The fourth-order valence-electron chi connectivity index (χ4n) is 1.98. The molecule has 0 unspecified atom stereocenters. The van der Waals surface area contributed by atoms with Gasteiger partial charge in [-0.1, -0.05) is 38.1 Å². The van der Waals surface area contributed by atoms with Gasteiger partial charge in [0.25, 0.3) is 0 Å². The number of nitrogens with zero attached hydrogens (tertiary/aromatic N) is 2. The Bertz CT molecular complexity index is 552. The average molecular weight is 334 g/mol. The standard InChI is InChI=1S/C16H20BrN3/c1-3-5-15-19-14(17)10-16(20-15)18-11-13-8-6-12(4-2)7-9-13/h6-10H,3-5,11H2,1-2H3,(H,18,19,20). The van der Waals surface area contributed by atoms with Gasteiger partial charge in [-0.15, -0.1) is 0 Å². The number of aromatic nitrogens is 2. The van der Waals surface area contributed by atoms with Crippen LogP contribution in [0, 0.1) is 0 Å². The van der Waals surface area contributed by atoms with E-state index in [-0.39, 0.29) is 0 Å². The van der Waals surface area contributed by atoms with Crippen LogP contribution in [0.1, 0.15) is 37.2 Å². The zero-order valence-corrected chi connectivity index (χ0v) is 13.6. The molecule has 1 aromatic carbocycles. The van der Waals surface area contributed by atoms with E-state index >= 15 is 0 Å². The molecule has 0 aliphatic carbocycles. The fourth-order valence-corrected chi connectivity index (χ4v) is 2.40. The van der Waals surface area contributed by atoms with Gasteiger partial charge in [0, 0.05) is 19.0 Å². The van der Waals surface area contributed by atoms with Gasteiger partial charge < -0.3 is 5.32 Å². The molecule has 0 fully saturated rings. The third kappa shape index (κ3) is 4.30. The second-order valence-electron chi connectivity index (χ2n) is 4.77. The van der Waals surface area contributed by atoms with Gasteiger partial charge in [0.1, 0.15) is 16.2 Å². The molecule has 0 amide bonds. The number of hydrogen-bond acceptors (Lipinski definition) is 3. The van der Waals surface area contributed by atoms with Crippen molar-refractivity contribution in [2.24, 2.45) is 0 Å². The zero-order valence-electron chi connectivity index (χ0n) is 12.0. The Labute approximate surface area is 129 Å². The first-order valence-corrected chi connectivity index (χ1v) is 7.85. The molecule has 106 valence electrons. The molecule has 1 aromatic heterocycles. The van der Waals surface area contributed by atoms with Gasteiger partial charge >= 0.3 is 0 Å². The summed E-state index contributed by atoms with van der Waals surface area (Å²) in [6, 6.07) is 10.6. The maximum absolute atomic E-state index is 4.52. The van der Waals surface area contributed by atoms with Crippen molar-refractivity contribution in [3.63, 3.8) is 0 Å². The number of anilines is 1. The molecule has 1 heterocycles. The molecule has 0 bridgehead atoms. The predicted octanol–water partition coefficient (Wildman–Crippen LogP) is 4.37. The third-order valence-electron chi connectivity index (χ3n) is 3.12. The lowest BCUT2D eigenvalue weighted by molar-refractivity contribution is 0.828. The molecule has 0 aliphatic heterocycles. The quantitative estimate of drug-likeness (QED) is 0.798. The Morgan fingerprint density at radius 1 is 1.05 bits per heavy atom. The van der Waals surface area contributed by atoms with Crippen molar-refractivity contribution in [1.29, 1.82) is 0 Å². The molecule has 0 radical (unpaired) electrons. The van der Waals surface area contributed by atoms with E-state index < -0.39 is 0 Å². The van der Waals surface area contributed by atoms with Gasteiger partial charge in [0.05, 0.1) is 0 Å². The molecule has 0 saturated carbocycles. The van der Waals surface area contributed by atoms with Crippen molar-refractivity contribution < 1.29 is 0 Å². The molecule has 2 aromatic rings. The number of rotatable bonds is 6. The van der Waals surface area contributed by atoms with E-state index in [1.54, 1.807) is 0 Å². The summed E-state index contributed by atoms with van der Waals surface area (Å²) in [5, 5.41) is 3.36. The van der Waals surface area contributed by atoms with Crippen molar-refractivity contribution in [2.45, 2.75) is 39.7 Å². The SMILES string of the molecule is CCCc1nc(Br)cc(NCc2ccc(CC)cc2)n1. The highest BCUT2D eigenvalue weighted by molar-refractivity contribution is 9.10. The minimum absolute atomic E-state index is 0.777. The van der Waals surface area contributed by atoms with Crippen LogP contribution in [-0.4, -0.2) is 9.97 Å². The zero-order chi connectivity index (χ0) is 14.4. The highest BCUT2D eigenvalue weighted by Gasteiger charge is 2.02. The van der Waals surface area contributed by atoms with E-state index in [0.29, 0.717) is 0 Å². The van der Waals surface area contributed by atoms with Crippen LogP contribution in [0.25, 0.3) is 0 Å². The van der Waals surface area contributed by atoms with E-state index in [0.717, 1.165) is 42.1 Å². The number of hydrogen-bond donors (Lipinski definition) is 1. The maximum Gasteiger partial charge on any atom is 0.132 e. The molecular weight excluding hydrogens is 314 g/mol. The van der Waals surface area contributed by atoms with Crippen molar-refractivity contribution in [3.8, 4) is 0 Å². The molecule has 0 aliphatic rings. The van der Waals surface area contributed by atoms with Gasteiger partial charge in [-0.05, 0) is 39.9 Å².